The molecule has 0 aliphatic rings. The van der Waals surface area contributed by atoms with Crippen LogP contribution >= 0.6 is 12.2 Å². The van der Waals surface area contributed by atoms with Gasteiger partial charge in [-0.2, -0.15) is 0 Å². The number of nitrogens with zero attached hydrogens (tertiary/aromatic N) is 2. The van der Waals surface area contributed by atoms with E-state index in [9.17, 15) is 0 Å². The van der Waals surface area contributed by atoms with Crippen molar-refractivity contribution in [2.45, 2.75) is 26.7 Å². The Morgan fingerprint density at radius 3 is 2.70 bits per heavy atom. The maximum Gasteiger partial charge on any atom is 0.238 e. The Morgan fingerprint density at radius 1 is 1.30 bits per heavy atom. The van der Waals surface area contributed by atoms with E-state index in [0.29, 0.717) is 17.5 Å². The van der Waals surface area contributed by atoms with Crippen molar-refractivity contribution in [1.82, 2.24) is 9.97 Å². The molecule has 0 bridgehead atoms. The molecule has 0 radical (unpaired) electrons. The molecule has 4 nitrogen and oxygen atoms in total. The predicted octanol–water partition coefficient (Wildman–Crippen LogP) is 3.33. The summed E-state index contributed by atoms with van der Waals surface area (Å²) in [5, 5.41) is 0. The van der Waals surface area contributed by atoms with E-state index in [1.54, 1.807) is 6.20 Å². The zero-order valence-electron chi connectivity index (χ0n) is 11.8. The molecular weight excluding hydrogens is 270 g/mol. The van der Waals surface area contributed by atoms with Crippen LogP contribution in [0.25, 0.3) is 0 Å². The highest BCUT2D eigenvalue weighted by Crippen LogP contribution is 2.30. The highest BCUT2D eigenvalue weighted by atomic mass is 32.1. The second-order valence-electron chi connectivity index (χ2n) is 4.90. The van der Waals surface area contributed by atoms with E-state index in [1.165, 1.54) is 6.20 Å². The minimum Gasteiger partial charge on any atom is -0.437 e. The van der Waals surface area contributed by atoms with Gasteiger partial charge in [-0.3, -0.25) is 4.98 Å². The Hall–Kier alpha value is -2.01. The summed E-state index contributed by atoms with van der Waals surface area (Å²) in [4.78, 5) is 8.50. The number of nitrogens with two attached hydrogens (primary N) is 1. The summed E-state index contributed by atoms with van der Waals surface area (Å²) >= 11 is 4.89. The topological polar surface area (TPSA) is 61.0 Å². The Bertz CT molecular complexity index is 641. The number of thiocarbonyl (C=S) groups is 1. The summed E-state index contributed by atoms with van der Waals surface area (Å²) < 4.78 is 5.85. The van der Waals surface area contributed by atoms with Crippen LogP contribution in [0.5, 0.6) is 11.6 Å². The lowest BCUT2D eigenvalue weighted by Crippen LogP contribution is -2.12. The van der Waals surface area contributed by atoms with E-state index in [4.69, 9.17) is 22.7 Å². The van der Waals surface area contributed by atoms with Gasteiger partial charge >= 0.3 is 0 Å². The molecule has 2 rings (SSSR count). The minimum absolute atomic E-state index is 0.205. The minimum atomic E-state index is 0.205. The third-order valence-electron chi connectivity index (χ3n) is 2.87. The number of ether oxygens (including phenoxy) is 1. The van der Waals surface area contributed by atoms with Crippen molar-refractivity contribution >= 4 is 17.2 Å². The molecule has 0 aliphatic heterocycles. The van der Waals surface area contributed by atoms with Crippen molar-refractivity contribution < 1.29 is 4.74 Å². The highest BCUT2D eigenvalue weighted by Gasteiger charge is 2.10. The molecule has 0 unspecified atom stereocenters. The molecule has 20 heavy (non-hydrogen) atoms. The molecule has 0 spiro atoms. The fourth-order valence-corrected chi connectivity index (χ4v) is 1.93. The van der Waals surface area contributed by atoms with Crippen LogP contribution in [-0.2, 0) is 0 Å². The Balaban J connectivity index is 2.36. The maximum absolute atomic E-state index is 5.85. The number of hydrogen-bond donors (Lipinski definition) is 1. The maximum atomic E-state index is 5.85. The van der Waals surface area contributed by atoms with E-state index in [-0.39, 0.29) is 4.99 Å². The normalized spacial score (nSPS) is 10.6. The van der Waals surface area contributed by atoms with Crippen molar-refractivity contribution in [1.29, 1.82) is 0 Å². The van der Waals surface area contributed by atoms with Gasteiger partial charge in [0, 0.05) is 0 Å². The van der Waals surface area contributed by atoms with E-state index in [2.05, 4.69) is 35.9 Å². The zero-order valence-corrected chi connectivity index (χ0v) is 12.6. The highest BCUT2D eigenvalue weighted by molar-refractivity contribution is 7.80. The van der Waals surface area contributed by atoms with Crippen LogP contribution in [0.3, 0.4) is 0 Å². The fraction of sp³-hybridized carbons (Fsp3) is 0.267. The standard InChI is InChI=1S/C15H17N3OS/c1-9(2)11-5-4-10(3)6-13(11)19-14-8-17-7-12(18-14)15(16)20/h4-9H,1-3H3,(H2,16,20). The van der Waals surface area contributed by atoms with Gasteiger partial charge in [-0.25, -0.2) is 4.98 Å². The van der Waals surface area contributed by atoms with Gasteiger partial charge in [0.05, 0.1) is 12.4 Å². The van der Waals surface area contributed by atoms with Crippen LogP contribution in [0, 0.1) is 6.92 Å². The van der Waals surface area contributed by atoms with Crippen LogP contribution in [-0.4, -0.2) is 15.0 Å². The molecule has 0 atom stereocenters. The first-order valence-electron chi connectivity index (χ1n) is 6.37. The molecule has 1 heterocycles. The lowest BCUT2D eigenvalue weighted by atomic mass is 10.0. The van der Waals surface area contributed by atoms with E-state index in [0.717, 1.165) is 16.9 Å². The first kappa shape index (κ1) is 14.4. The number of hydrogen-bond acceptors (Lipinski definition) is 4. The first-order valence-corrected chi connectivity index (χ1v) is 6.78. The number of benzene rings is 1. The van der Waals surface area contributed by atoms with Crippen LogP contribution in [0.2, 0.25) is 0 Å². The third-order valence-corrected chi connectivity index (χ3v) is 3.08. The molecule has 0 amide bonds. The first-order chi connectivity index (χ1) is 9.47. The Kier molecular flexibility index (Phi) is 4.29. The molecule has 5 heteroatoms. The molecule has 0 aliphatic carbocycles. The smallest absolute Gasteiger partial charge is 0.238 e. The quantitative estimate of drug-likeness (QED) is 0.874. The third kappa shape index (κ3) is 3.30. The lowest BCUT2D eigenvalue weighted by Gasteiger charge is -2.14. The van der Waals surface area contributed by atoms with Crippen LogP contribution in [0.4, 0.5) is 0 Å². The Morgan fingerprint density at radius 2 is 2.05 bits per heavy atom. The molecular formula is C15H17N3OS. The van der Waals surface area contributed by atoms with Crippen molar-refractivity contribution in [3.8, 4) is 11.6 Å². The summed E-state index contributed by atoms with van der Waals surface area (Å²) in [6.45, 7) is 6.26. The van der Waals surface area contributed by atoms with Gasteiger partial charge in [0.1, 0.15) is 16.4 Å². The SMILES string of the molecule is Cc1ccc(C(C)C)c(Oc2cncc(C(N)=S)n2)c1. The molecule has 0 saturated heterocycles. The van der Waals surface area contributed by atoms with Gasteiger partial charge in [0.2, 0.25) is 5.88 Å². The van der Waals surface area contributed by atoms with Gasteiger partial charge in [-0.1, -0.05) is 38.2 Å². The molecule has 1 aromatic carbocycles. The van der Waals surface area contributed by atoms with Crippen molar-refractivity contribution in [2.24, 2.45) is 5.73 Å². The molecule has 0 saturated carbocycles. The summed E-state index contributed by atoms with van der Waals surface area (Å²) in [6.07, 6.45) is 3.07. The average molecular weight is 287 g/mol. The molecule has 2 aromatic rings. The summed E-state index contributed by atoms with van der Waals surface area (Å²) in [5.74, 6) is 1.54. The summed E-state index contributed by atoms with van der Waals surface area (Å²) in [6, 6.07) is 6.13. The van der Waals surface area contributed by atoms with Gasteiger partial charge in [0.25, 0.3) is 0 Å². The predicted molar refractivity (Wildman–Crippen MR) is 83.3 cm³/mol. The number of rotatable bonds is 4. The van der Waals surface area contributed by atoms with E-state index >= 15 is 0 Å². The molecule has 0 fully saturated rings. The van der Waals surface area contributed by atoms with Crippen molar-refractivity contribution in [2.75, 3.05) is 0 Å². The van der Waals surface area contributed by atoms with Crippen LogP contribution < -0.4 is 10.5 Å². The monoisotopic (exact) mass is 287 g/mol. The van der Waals surface area contributed by atoms with Crippen molar-refractivity contribution in [3.05, 3.63) is 47.4 Å². The Labute approximate surface area is 124 Å². The van der Waals surface area contributed by atoms with Gasteiger partial charge in [-0.15, -0.1) is 0 Å². The zero-order chi connectivity index (χ0) is 14.7. The van der Waals surface area contributed by atoms with E-state index in [1.807, 2.05) is 13.0 Å². The summed E-state index contributed by atoms with van der Waals surface area (Å²) in [7, 11) is 0. The van der Waals surface area contributed by atoms with Gasteiger partial charge < -0.3 is 10.5 Å². The van der Waals surface area contributed by atoms with E-state index < -0.39 is 0 Å². The van der Waals surface area contributed by atoms with Crippen LogP contribution in [0.1, 0.15) is 36.6 Å². The second-order valence-corrected chi connectivity index (χ2v) is 5.34. The average Bonchev–Trinajstić information content (AvgIpc) is 2.38. The molecule has 2 N–H and O–H groups in total. The fourth-order valence-electron chi connectivity index (χ4n) is 1.84. The lowest BCUT2D eigenvalue weighted by molar-refractivity contribution is 0.451. The largest absolute Gasteiger partial charge is 0.437 e. The van der Waals surface area contributed by atoms with Gasteiger partial charge in [0.15, 0.2) is 0 Å². The second kappa shape index (κ2) is 5.96. The van der Waals surface area contributed by atoms with Crippen molar-refractivity contribution in [3.63, 3.8) is 0 Å². The van der Waals surface area contributed by atoms with Crippen LogP contribution in [0.15, 0.2) is 30.6 Å². The number of aromatic nitrogens is 2. The number of aryl methyl sites for hydroxylation is 1. The van der Waals surface area contributed by atoms with Gasteiger partial charge in [-0.05, 0) is 30.0 Å². The molecule has 104 valence electrons. The summed E-state index contributed by atoms with van der Waals surface area (Å²) in [5.41, 5.74) is 8.26. The molecule has 1 aromatic heterocycles.